The molecular weight excluding hydrogens is 317 g/mol. The molecule has 1 N–H and O–H groups in total. The van der Waals surface area contributed by atoms with Crippen LogP contribution in [-0.2, 0) is 0 Å². The van der Waals surface area contributed by atoms with Gasteiger partial charge < -0.3 is 5.32 Å². The summed E-state index contributed by atoms with van der Waals surface area (Å²) >= 11 is 0. The van der Waals surface area contributed by atoms with Crippen molar-refractivity contribution in [3.63, 3.8) is 0 Å². The number of rotatable bonds is 3. The highest BCUT2D eigenvalue weighted by Gasteiger charge is 2.19. The molecule has 0 bridgehead atoms. The molecule has 0 saturated heterocycles. The van der Waals surface area contributed by atoms with Gasteiger partial charge in [0.25, 0.3) is 5.91 Å². The van der Waals surface area contributed by atoms with Crippen LogP contribution in [0.15, 0.2) is 42.5 Å². The monoisotopic (exact) mass is 337 g/mol. The number of benzene rings is 2. The molecule has 1 heterocycles. The van der Waals surface area contributed by atoms with E-state index in [1.54, 1.807) is 23.7 Å². The van der Waals surface area contributed by atoms with Crippen molar-refractivity contribution in [1.29, 1.82) is 0 Å². The number of aryl methyl sites for hydroxylation is 3. The molecule has 25 heavy (non-hydrogen) atoms. The number of anilines is 1. The van der Waals surface area contributed by atoms with E-state index in [0.29, 0.717) is 22.6 Å². The Morgan fingerprint density at radius 3 is 2.20 bits per heavy atom. The number of nitrogens with zero attached hydrogens (tertiary/aromatic N) is 2. The normalized spacial score (nSPS) is 10.8. The van der Waals surface area contributed by atoms with Crippen molar-refractivity contribution in [3.05, 3.63) is 76.4 Å². The zero-order chi connectivity index (χ0) is 18.1. The van der Waals surface area contributed by atoms with Crippen molar-refractivity contribution in [1.82, 2.24) is 9.78 Å². The molecular formula is C20H20FN3O. The van der Waals surface area contributed by atoms with E-state index < -0.39 is 0 Å². The first kappa shape index (κ1) is 16.9. The van der Waals surface area contributed by atoms with Crippen LogP contribution in [0.4, 0.5) is 10.1 Å². The molecule has 128 valence electrons. The third-order valence-corrected chi connectivity index (χ3v) is 4.07. The van der Waals surface area contributed by atoms with Crippen LogP contribution >= 0.6 is 0 Å². The predicted molar refractivity (Wildman–Crippen MR) is 96.9 cm³/mol. The van der Waals surface area contributed by atoms with Crippen molar-refractivity contribution in [2.45, 2.75) is 27.7 Å². The Morgan fingerprint density at radius 2 is 1.60 bits per heavy atom. The standard InChI is InChI=1S/C20H20FN3O/c1-12-9-13(2)11-17(10-12)22-20(25)19-14(3)23-24(15(19)4)18-7-5-16(21)6-8-18/h5-11H,1-4H3,(H,22,25). The van der Waals surface area contributed by atoms with E-state index in [0.717, 1.165) is 16.8 Å². The highest BCUT2D eigenvalue weighted by atomic mass is 19.1. The summed E-state index contributed by atoms with van der Waals surface area (Å²) in [6.07, 6.45) is 0. The summed E-state index contributed by atoms with van der Waals surface area (Å²) in [7, 11) is 0. The summed E-state index contributed by atoms with van der Waals surface area (Å²) < 4.78 is 14.8. The maximum Gasteiger partial charge on any atom is 0.259 e. The van der Waals surface area contributed by atoms with Gasteiger partial charge in [-0.15, -0.1) is 0 Å². The van der Waals surface area contributed by atoms with Gasteiger partial charge in [-0.05, 0) is 75.2 Å². The highest BCUT2D eigenvalue weighted by molar-refractivity contribution is 6.06. The third-order valence-electron chi connectivity index (χ3n) is 4.07. The number of amides is 1. The second kappa shape index (κ2) is 6.51. The number of hydrogen-bond acceptors (Lipinski definition) is 2. The summed E-state index contributed by atoms with van der Waals surface area (Å²) in [4.78, 5) is 12.8. The topological polar surface area (TPSA) is 46.9 Å². The first-order valence-corrected chi connectivity index (χ1v) is 8.07. The van der Waals surface area contributed by atoms with E-state index >= 15 is 0 Å². The average molecular weight is 337 g/mol. The van der Waals surface area contributed by atoms with Gasteiger partial charge in [-0.1, -0.05) is 6.07 Å². The van der Waals surface area contributed by atoms with Gasteiger partial charge in [0, 0.05) is 5.69 Å². The van der Waals surface area contributed by atoms with Crippen LogP contribution in [-0.4, -0.2) is 15.7 Å². The van der Waals surface area contributed by atoms with Crippen molar-refractivity contribution < 1.29 is 9.18 Å². The number of aromatic nitrogens is 2. The summed E-state index contributed by atoms with van der Waals surface area (Å²) in [6.45, 7) is 7.61. The van der Waals surface area contributed by atoms with E-state index in [2.05, 4.69) is 16.5 Å². The minimum atomic E-state index is -0.307. The number of nitrogens with one attached hydrogen (secondary N) is 1. The van der Waals surface area contributed by atoms with Crippen LogP contribution in [0.5, 0.6) is 0 Å². The number of carbonyl (C=O) groups is 1. The summed E-state index contributed by atoms with van der Waals surface area (Å²) in [5.74, 6) is -0.508. The quantitative estimate of drug-likeness (QED) is 0.765. The fourth-order valence-electron chi connectivity index (χ4n) is 3.05. The van der Waals surface area contributed by atoms with Gasteiger partial charge in [0.05, 0.1) is 22.6 Å². The SMILES string of the molecule is Cc1cc(C)cc(NC(=O)c2c(C)nn(-c3ccc(F)cc3)c2C)c1. The van der Waals surface area contributed by atoms with Crippen LogP contribution in [0.3, 0.4) is 0 Å². The fourth-order valence-corrected chi connectivity index (χ4v) is 3.05. The summed E-state index contributed by atoms with van der Waals surface area (Å²) in [5, 5.41) is 7.38. The van der Waals surface area contributed by atoms with Crippen molar-refractivity contribution in [2.24, 2.45) is 0 Å². The molecule has 5 heteroatoms. The Morgan fingerprint density at radius 1 is 1.00 bits per heavy atom. The van der Waals surface area contributed by atoms with Gasteiger partial charge in [-0.2, -0.15) is 5.10 Å². The molecule has 0 spiro atoms. The maximum absolute atomic E-state index is 13.1. The van der Waals surface area contributed by atoms with Crippen LogP contribution in [0.2, 0.25) is 0 Å². The molecule has 3 rings (SSSR count). The molecule has 0 aliphatic rings. The van der Waals surface area contributed by atoms with E-state index in [1.165, 1.54) is 12.1 Å². The highest BCUT2D eigenvalue weighted by Crippen LogP contribution is 2.21. The van der Waals surface area contributed by atoms with Crippen LogP contribution in [0.1, 0.15) is 32.9 Å². The minimum Gasteiger partial charge on any atom is -0.322 e. The van der Waals surface area contributed by atoms with Gasteiger partial charge in [-0.3, -0.25) is 4.79 Å². The van der Waals surface area contributed by atoms with Crippen molar-refractivity contribution >= 4 is 11.6 Å². The van der Waals surface area contributed by atoms with Gasteiger partial charge >= 0.3 is 0 Å². The summed E-state index contributed by atoms with van der Waals surface area (Å²) in [6, 6.07) is 11.9. The lowest BCUT2D eigenvalue weighted by molar-refractivity contribution is 0.102. The number of hydrogen-bond donors (Lipinski definition) is 1. The lowest BCUT2D eigenvalue weighted by Crippen LogP contribution is -2.14. The van der Waals surface area contributed by atoms with Gasteiger partial charge in [0.15, 0.2) is 0 Å². The smallest absolute Gasteiger partial charge is 0.259 e. The van der Waals surface area contributed by atoms with Crippen LogP contribution in [0.25, 0.3) is 5.69 Å². The molecule has 0 unspecified atom stereocenters. The third kappa shape index (κ3) is 3.45. The molecule has 0 fully saturated rings. The molecule has 1 amide bonds. The molecule has 4 nitrogen and oxygen atoms in total. The van der Waals surface area contributed by atoms with E-state index in [4.69, 9.17) is 0 Å². The summed E-state index contributed by atoms with van der Waals surface area (Å²) in [5.41, 5.74) is 5.53. The van der Waals surface area contributed by atoms with Crippen molar-refractivity contribution in [3.8, 4) is 5.69 Å². The maximum atomic E-state index is 13.1. The molecule has 0 aliphatic carbocycles. The zero-order valence-electron chi connectivity index (χ0n) is 14.7. The van der Waals surface area contributed by atoms with Gasteiger partial charge in [-0.25, -0.2) is 9.07 Å². The van der Waals surface area contributed by atoms with E-state index in [9.17, 15) is 9.18 Å². The number of halogens is 1. The molecule has 0 atom stereocenters. The molecule has 0 saturated carbocycles. The van der Waals surface area contributed by atoms with Gasteiger partial charge in [0.1, 0.15) is 5.82 Å². The molecule has 0 aliphatic heterocycles. The Kier molecular flexibility index (Phi) is 4.40. The van der Waals surface area contributed by atoms with Crippen LogP contribution < -0.4 is 5.32 Å². The Balaban J connectivity index is 1.94. The largest absolute Gasteiger partial charge is 0.322 e. The molecule has 1 aromatic heterocycles. The Labute approximate surface area is 146 Å². The van der Waals surface area contributed by atoms with E-state index in [-0.39, 0.29) is 11.7 Å². The molecule has 2 aromatic carbocycles. The predicted octanol–water partition coefficient (Wildman–Crippen LogP) is 4.50. The van der Waals surface area contributed by atoms with Crippen molar-refractivity contribution in [2.75, 3.05) is 5.32 Å². The Hall–Kier alpha value is -2.95. The fraction of sp³-hybridized carbons (Fsp3) is 0.200. The zero-order valence-corrected chi connectivity index (χ0v) is 14.7. The first-order valence-electron chi connectivity index (χ1n) is 8.07. The Bertz CT molecular complexity index is 922. The first-order chi connectivity index (χ1) is 11.8. The average Bonchev–Trinajstić information content (AvgIpc) is 2.82. The second-order valence-corrected chi connectivity index (χ2v) is 6.26. The van der Waals surface area contributed by atoms with Gasteiger partial charge in [0.2, 0.25) is 0 Å². The van der Waals surface area contributed by atoms with Crippen LogP contribution in [0, 0.1) is 33.5 Å². The molecule has 0 radical (unpaired) electrons. The minimum absolute atomic E-state index is 0.201. The second-order valence-electron chi connectivity index (χ2n) is 6.26. The lowest BCUT2D eigenvalue weighted by atomic mass is 10.1. The molecule has 3 aromatic rings. The van der Waals surface area contributed by atoms with E-state index in [1.807, 2.05) is 32.9 Å². The lowest BCUT2D eigenvalue weighted by Gasteiger charge is -2.08. The number of carbonyl (C=O) groups excluding carboxylic acids is 1.